The van der Waals surface area contributed by atoms with Gasteiger partial charge in [0.15, 0.2) is 0 Å². The number of nitrogens with two attached hydrogens (primary N) is 1. The van der Waals surface area contributed by atoms with Crippen LogP contribution in [0.15, 0.2) is 18.2 Å². The van der Waals surface area contributed by atoms with Crippen molar-refractivity contribution in [3.05, 3.63) is 29.3 Å². The lowest BCUT2D eigenvalue weighted by molar-refractivity contribution is 0.311. The summed E-state index contributed by atoms with van der Waals surface area (Å²) >= 11 is 0. The van der Waals surface area contributed by atoms with E-state index < -0.39 is 0 Å². The molecule has 0 aliphatic carbocycles. The molecule has 1 atom stereocenters. The van der Waals surface area contributed by atoms with Gasteiger partial charge in [0, 0.05) is 24.2 Å². The quantitative estimate of drug-likeness (QED) is 0.841. The molecule has 0 bridgehead atoms. The van der Waals surface area contributed by atoms with Crippen molar-refractivity contribution >= 4 is 0 Å². The molecule has 1 aliphatic heterocycles. The SMILES string of the molecule is COc1ccc(C#CCN)cc1CN1CCC(C)C1. The maximum Gasteiger partial charge on any atom is 0.123 e. The van der Waals surface area contributed by atoms with E-state index >= 15 is 0 Å². The Kier molecular flexibility index (Phi) is 4.84. The average molecular weight is 258 g/mol. The largest absolute Gasteiger partial charge is 0.496 e. The molecule has 3 heteroatoms. The highest BCUT2D eigenvalue weighted by atomic mass is 16.5. The van der Waals surface area contributed by atoms with Crippen molar-refractivity contribution in [2.45, 2.75) is 19.9 Å². The molecule has 0 radical (unpaired) electrons. The number of hydrogen-bond acceptors (Lipinski definition) is 3. The Hall–Kier alpha value is -1.50. The van der Waals surface area contributed by atoms with E-state index in [0.717, 1.165) is 23.8 Å². The number of likely N-dealkylation sites (tertiary alicyclic amines) is 1. The van der Waals surface area contributed by atoms with Crippen LogP contribution in [-0.4, -0.2) is 31.6 Å². The van der Waals surface area contributed by atoms with Crippen molar-refractivity contribution in [2.75, 3.05) is 26.7 Å². The zero-order chi connectivity index (χ0) is 13.7. The third-order valence-corrected chi connectivity index (χ3v) is 3.52. The van der Waals surface area contributed by atoms with Gasteiger partial charge in [0.2, 0.25) is 0 Å². The minimum atomic E-state index is 0.394. The first-order chi connectivity index (χ1) is 9.22. The van der Waals surface area contributed by atoms with Crippen molar-refractivity contribution in [1.29, 1.82) is 0 Å². The van der Waals surface area contributed by atoms with Gasteiger partial charge in [-0.25, -0.2) is 0 Å². The Labute approximate surface area is 115 Å². The van der Waals surface area contributed by atoms with Crippen LogP contribution in [0.5, 0.6) is 5.75 Å². The van der Waals surface area contributed by atoms with Crippen molar-refractivity contribution in [2.24, 2.45) is 11.7 Å². The Balaban J connectivity index is 2.16. The lowest BCUT2D eigenvalue weighted by atomic mass is 10.1. The number of methoxy groups -OCH3 is 1. The van der Waals surface area contributed by atoms with Gasteiger partial charge >= 0.3 is 0 Å². The zero-order valence-corrected chi connectivity index (χ0v) is 11.8. The molecule has 102 valence electrons. The van der Waals surface area contributed by atoms with Crippen LogP contribution >= 0.6 is 0 Å². The Morgan fingerprint density at radius 1 is 1.47 bits per heavy atom. The van der Waals surface area contributed by atoms with Crippen LogP contribution in [0.3, 0.4) is 0 Å². The third-order valence-electron chi connectivity index (χ3n) is 3.52. The van der Waals surface area contributed by atoms with E-state index in [1.165, 1.54) is 25.1 Å². The number of nitrogens with zero attached hydrogens (tertiary/aromatic N) is 1. The minimum absolute atomic E-state index is 0.394. The maximum absolute atomic E-state index is 5.44. The summed E-state index contributed by atoms with van der Waals surface area (Å²) in [5, 5.41) is 0. The second-order valence-corrected chi connectivity index (χ2v) is 5.16. The predicted molar refractivity (Wildman–Crippen MR) is 78.0 cm³/mol. The van der Waals surface area contributed by atoms with Crippen LogP contribution < -0.4 is 10.5 Å². The van der Waals surface area contributed by atoms with Crippen LogP contribution in [0.2, 0.25) is 0 Å². The molecular weight excluding hydrogens is 236 g/mol. The summed E-state index contributed by atoms with van der Waals surface area (Å²) in [5.74, 6) is 7.71. The fourth-order valence-corrected chi connectivity index (χ4v) is 2.54. The topological polar surface area (TPSA) is 38.5 Å². The molecular formula is C16H22N2O. The van der Waals surface area contributed by atoms with Crippen molar-refractivity contribution in [1.82, 2.24) is 4.90 Å². The van der Waals surface area contributed by atoms with Gasteiger partial charge in [-0.1, -0.05) is 18.8 Å². The fraction of sp³-hybridized carbons (Fsp3) is 0.500. The zero-order valence-electron chi connectivity index (χ0n) is 11.8. The van der Waals surface area contributed by atoms with E-state index in [1.807, 2.05) is 12.1 Å². The highest BCUT2D eigenvalue weighted by molar-refractivity contribution is 5.44. The van der Waals surface area contributed by atoms with Crippen LogP contribution in [0.4, 0.5) is 0 Å². The third kappa shape index (κ3) is 3.73. The monoisotopic (exact) mass is 258 g/mol. The van der Waals surface area contributed by atoms with Crippen molar-refractivity contribution in [3.63, 3.8) is 0 Å². The molecule has 1 saturated heterocycles. The molecule has 1 unspecified atom stereocenters. The molecule has 1 aromatic rings. The Morgan fingerprint density at radius 2 is 2.32 bits per heavy atom. The van der Waals surface area contributed by atoms with E-state index in [-0.39, 0.29) is 0 Å². The first kappa shape index (κ1) is 13.9. The Morgan fingerprint density at radius 3 is 2.95 bits per heavy atom. The van der Waals surface area contributed by atoms with Gasteiger partial charge in [-0.05, 0) is 37.1 Å². The van der Waals surface area contributed by atoms with Gasteiger partial charge in [0.1, 0.15) is 5.75 Å². The molecule has 0 amide bonds. The van der Waals surface area contributed by atoms with E-state index in [4.69, 9.17) is 10.5 Å². The average Bonchev–Trinajstić information content (AvgIpc) is 2.82. The van der Waals surface area contributed by atoms with Gasteiger partial charge in [-0.15, -0.1) is 0 Å². The van der Waals surface area contributed by atoms with Crippen LogP contribution in [0.1, 0.15) is 24.5 Å². The summed E-state index contributed by atoms with van der Waals surface area (Å²) in [5.41, 5.74) is 7.63. The fourth-order valence-electron chi connectivity index (χ4n) is 2.54. The highest BCUT2D eigenvalue weighted by Crippen LogP contribution is 2.24. The number of ether oxygens (including phenoxy) is 1. The Bertz CT molecular complexity index is 487. The predicted octanol–water partition coefficient (Wildman–Crippen LogP) is 1.85. The van der Waals surface area contributed by atoms with E-state index in [9.17, 15) is 0 Å². The highest BCUT2D eigenvalue weighted by Gasteiger charge is 2.19. The van der Waals surface area contributed by atoms with Gasteiger partial charge in [-0.3, -0.25) is 4.90 Å². The smallest absolute Gasteiger partial charge is 0.123 e. The van der Waals surface area contributed by atoms with Gasteiger partial charge in [-0.2, -0.15) is 0 Å². The molecule has 1 aliphatic rings. The lowest BCUT2D eigenvalue weighted by Gasteiger charge is -2.17. The first-order valence-electron chi connectivity index (χ1n) is 6.81. The number of benzene rings is 1. The molecule has 3 nitrogen and oxygen atoms in total. The summed E-state index contributed by atoms with van der Waals surface area (Å²) < 4.78 is 5.44. The summed E-state index contributed by atoms with van der Waals surface area (Å²) in [6.45, 7) is 5.97. The van der Waals surface area contributed by atoms with E-state index in [1.54, 1.807) is 7.11 Å². The maximum atomic E-state index is 5.44. The van der Waals surface area contributed by atoms with Gasteiger partial charge in [0.05, 0.1) is 13.7 Å². The molecule has 0 saturated carbocycles. The number of hydrogen-bond donors (Lipinski definition) is 1. The molecule has 2 rings (SSSR count). The standard InChI is InChI=1S/C16H22N2O/c1-13-7-9-18(11-13)12-15-10-14(4-3-8-17)5-6-16(15)19-2/h5-6,10,13H,7-9,11-12,17H2,1-2H3. The van der Waals surface area contributed by atoms with Crippen molar-refractivity contribution < 1.29 is 4.74 Å². The van der Waals surface area contributed by atoms with Crippen molar-refractivity contribution in [3.8, 4) is 17.6 Å². The second-order valence-electron chi connectivity index (χ2n) is 5.16. The summed E-state index contributed by atoms with van der Waals surface area (Å²) in [4.78, 5) is 2.47. The molecule has 0 aromatic heterocycles. The number of rotatable bonds is 3. The molecule has 19 heavy (non-hydrogen) atoms. The van der Waals surface area contributed by atoms with Crippen LogP contribution in [0, 0.1) is 17.8 Å². The molecule has 0 spiro atoms. The minimum Gasteiger partial charge on any atom is -0.496 e. The van der Waals surface area contributed by atoms with E-state index in [2.05, 4.69) is 29.7 Å². The van der Waals surface area contributed by atoms with Crippen LogP contribution in [0.25, 0.3) is 0 Å². The summed E-state index contributed by atoms with van der Waals surface area (Å²) in [7, 11) is 1.72. The molecule has 2 N–H and O–H groups in total. The van der Waals surface area contributed by atoms with Gasteiger partial charge < -0.3 is 10.5 Å². The molecule has 1 fully saturated rings. The second kappa shape index (κ2) is 6.60. The van der Waals surface area contributed by atoms with Crippen LogP contribution in [-0.2, 0) is 6.54 Å². The van der Waals surface area contributed by atoms with E-state index in [0.29, 0.717) is 6.54 Å². The molecule has 1 aromatic carbocycles. The molecule has 1 heterocycles. The van der Waals surface area contributed by atoms with Gasteiger partial charge in [0.25, 0.3) is 0 Å². The first-order valence-corrected chi connectivity index (χ1v) is 6.81. The normalized spacial score (nSPS) is 19.0. The lowest BCUT2D eigenvalue weighted by Crippen LogP contribution is -2.20. The summed E-state index contributed by atoms with van der Waals surface area (Å²) in [6, 6.07) is 6.09. The summed E-state index contributed by atoms with van der Waals surface area (Å²) in [6.07, 6.45) is 1.29.